The van der Waals surface area contributed by atoms with E-state index in [0.717, 1.165) is 11.4 Å². The Morgan fingerprint density at radius 3 is 2.30 bits per heavy atom. The first kappa shape index (κ1) is 19.1. The Kier molecular flexibility index (Phi) is 6.55. The predicted molar refractivity (Wildman–Crippen MR) is 113 cm³/mol. The van der Waals surface area contributed by atoms with E-state index in [-0.39, 0.29) is 12.0 Å². The maximum atomic E-state index is 12.6. The number of nitrogens with one attached hydrogen (secondary N) is 1. The van der Waals surface area contributed by atoms with Crippen molar-refractivity contribution >= 4 is 23.4 Å². The number of ether oxygens (including phenoxy) is 1. The number of hydrogen-bond acceptors (Lipinski definition) is 3. The molecule has 0 aliphatic carbocycles. The molecule has 0 bridgehead atoms. The molecule has 0 saturated heterocycles. The van der Waals surface area contributed by atoms with E-state index in [1.165, 1.54) is 10.5 Å². The normalized spacial score (nSPS) is 10.6. The van der Waals surface area contributed by atoms with Gasteiger partial charge in [-0.05, 0) is 55.8 Å². The maximum Gasteiger partial charge on any atom is 0.259 e. The number of anilines is 1. The van der Waals surface area contributed by atoms with Crippen LogP contribution in [0, 0.1) is 0 Å². The van der Waals surface area contributed by atoms with E-state index in [9.17, 15) is 4.79 Å². The standard InChI is InChI=1S/C23H23NO2S/c1-17(2)26-22-11-7-6-10-21(22)23(25)24-19-14-12-18(13-15-19)16-27-20-8-4-3-5-9-20/h3-15,17H,16H2,1-2H3,(H,24,25). The quantitative estimate of drug-likeness (QED) is 0.512. The van der Waals surface area contributed by atoms with Crippen LogP contribution in [0.15, 0.2) is 83.8 Å². The Balaban J connectivity index is 1.62. The van der Waals surface area contributed by atoms with Gasteiger partial charge in [-0.25, -0.2) is 0 Å². The molecule has 0 radical (unpaired) electrons. The van der Waals surface area contributed by atoms with Gasteiger partial charge in [0.25, 0.3) is 5.91 Å². The molecule has 3 aromatic rings. The lowest BCUT2D eigenvalue weighted by atomic mass is 10.1. The number of carbonyl (C=O) groups excluding carboxylic acids is 1. The fraction of sp³-hybridized carbons (Fsp3) is 0.174. The van der Waals surface area contributed by atoms with Crippen molar-refractivity contribution in [3.8, 4) is 5.75 Å². The van der Waals surface area contributed by atoms with Crippen molar-refractivity contribution in [1.82, 2.24) is 0 Å². The second-order valence-electron chi connectivity index (χ2n) is 6.42. The summed E-state index contributed by atoms with van der Waals surface area (Å²) in [4.78, 5) is 13.9. The third-order valence-electron chi connectivity index (χ3n) is 3.85. The van der Waals surface area contributed by atoms with Crippen LogP contribution in [-0.2, 0) is 5.75 Å². The molecule has 1 N–H and O–H groups in total. The van der Waals surface area contributed by atoms with E-state index in [2.05, 4.69) is 17.4 Å². The van der Waals surface area contributed by atoms with Gasteiger partial charge in [-0.2, -0.15) is 0 Å². The van der Waals surface area contributed by atoms with Gasteiger partial charge in [0.2, 0.25) is 0 Å². The lowest BCUT2D eigenvalue weighted by Gasteiger charge is -2.14. The maximum absolute atomic E-state index is 12.6. The smallest absolute Gasteiger partial charge is 0.259 e. The van der Waals surface area contributed by atoms with E-state index in [4.69, 9.17) is 4.74 Å². The van der Waals surface area contributed by atoms with Crippen LogP contribution in [0.2, 0.25) is 0 Å². The van der Waals surface area contributed by atoms with Crippen molar-refractivity contribution in [2.45, 2.75) is 30.6 Å². The fourth-order valence-electron chi connectivity index (χ4n) is 2.58. The van der Waals surface area contributed by atoms with Crippen molar-refractivity contribution < 1.29 is 9.53 Å². The van der Waals surface area contributed by atoms with Gasteiger partial charge in [-0.15, -0.1) is 11.8 Å². The Morgan fingerprint density at radius 1 is 0.926 bits per heavy atom. The summed E-state index contributed by atoms with van der Waals surface area (Å²) in [5.41, 5.74) is 2.52. The minimum Gasteiger partial charge on any atom is -0.490 e. The lowest BCUT2D eigenvalue weighted by molar-refractivity contribution is 0.102. The molecule has 0 unspecified atom stereocenters. The number of carbonyl (C=O) groups is 1. The van der Waals surface area contributed by atoms with Gasteiger partial charge in [0, 0.05) is 16.3 Å². The van der Waals surface area contributed by atoms with Gasteiger partial charge in [0.15, 0.2) is 0 Å². The number of hydrogen-bond donors (Lipinski definition) is 1. The Hall–Kier alpha value is -2.72. The van der Waals surface area contributed by atoms with E-state index in [1.807, 2.05) is 74.5 Å². The van der Waals surface area contributed by atoms with Crippen molar-refractivity contribution in [3.63, 3.8) is 0 Å². The van der Waals surface area contributed by atoms with Gasteiger partial charge in [0.1, 0.15) is 5.75 Å². The largest absolute Gasteiger partial charge is 0.490 e. The molecule has 0 fully saturated rings. The molecule has 0 aliphatic rings. The van der Waals surface area contributed by atoms with Gasteiger partial charge in [-0.3, -0.25) is 4.79 Å². The Morgan fingerprint density at radius 2 is 1.59 bits per heavy atom. The van der Waals surface area contributed by atoms with Gasteiger partial charge in [0.05, 0.1) is 11.7 Å². The SMILES string of the molecule is CC(C)Oc1ccccc1C(=O)Nc1ccc(CSc2ccccc2)cc1. The first-order valence-electron chi connectivity index (χ1n) is 8.95. The minimum absolute atomic E-state index is 0.0142. The van der Waals surface area contributed by atoms with Gasteiger partial charge in [-0.1, -0.05) is 42.5 Å². The third kappa shape index (κ3) is 5.63. The first-order valence-corrected chi connectivity index (χ1v) is 9.94. The summed E-state index contributed by atoms with van der Waals surface area (Å²) in [6.07, 6.45) is 0.0142. The molecule has 0 aromatic heterocycles. The lowest BCUT2D eigenvalue weighted by Crippen LogP contribution is -2.15. The average molecular weight is 378 g/mol. The van der Waals surface area contributed by atoms with Crippen molar-refractivity contribution in [3.05, 3.63) is 90.0 Å². The molecule has 138 valence electrons. The molecular weight excluding hydrogens is 354 g/mol. The van der Waals surface area contributed by atoms with Crippen LogP contribution >= 0.6 is 11.8 Å². The molecule has 0 aliphatic heterocycles. The number of benzene rings is 3. The molecule has 0 atom stereocenters. The molecule has 0 saturated carbocycles. The highest BCUT2D eigenvalue weighted by molar-refractivity contribution is 7.98. The van der Waals surface area contributed by atoms with Crippen LogP contribution in [0.4, 0.5) is 5.69 Å². The monoisotopic (exact) mass is 377 g/mol. The molecule has 0 heterocycles. The van der Waals surface area contributed by atoms with Crippen molar-refractivity contribution in [2.24, 2.45) is 0 Å². The van der Waals surface area contributed by atoms with Crippen LogP contribution in [0.25, 0.3) is 0 Å². The van der Waals surface area contributed by atoms with Gasteiger partial charge >= 0.3 is 0 Å². The van der Waals surface area contributed by atoms with Crippen LogP contribution in [0.1, 0.15) is 29.8 Å². The van der Waals surface area contributed by atoms with Crippen molar-refractivity contribution in [2.75, 3.05) is 5.32 Å². The molecule has 4 heteroatoms. The number of amides is 1. The highest BCUT2D eigenvalue weighted by atomic mass is 32.2. The summed E-state index contributed by atoms with van der Waals surface area (Å²) in [5, 5.41) is 2.95. The zero-order valence-corrected chi connectivity index (χ0v) is 16.3. The van der Waals surface area contributed by atoms with E-state index >= 15 is 0 Å². The number of rotatable bonds is 7. The second-order valence-corrected chi connectivity index (χ2v) is 7.46. The Labute approximate surface area is 164 Å². The molecule has 3 nitrogen and oxygen atoms in total. The minimum atomic E-state index is -0.169. The second kappa shape index (κ2) is 9.28. The summed E-state index contributed by atoms with van der Waals surface area (Å²) in [6.45, 7) is 3.89. The predicted octanol–water partition coefficient (Wildman–Crippen LogP) is 6.02. The van der Waals surface area contributed by atoms with Crippen molar-refractivity contribution in [1.29, 1.82) is 0 Å². The molecule has 3 aromatic carbocycles. The van der Waals surface area contributed by atoms with Crippen LogP contribution in [0.3, 0.4) is 0 Å². The van der Waals surface area contributed by atoms with Crippen LogP contribution in [0.5, 0.6) is 5.75 Å². The number of para-hydroxylation sites is 1. The zero-order chi connectivity index (χ0) is 19.1. The first-order chi connectivity index (χ1) is 13.1. The summed E-state index contributed by atoms with van der Waals surface area (Å²) in [5.74, 6) is 1.32. The molecule has 27 heavy (non-hydrogen) atoms. The molecule has 0 spiro atoms. The van der Waals surface area contributed by atoms with E-state index in [1.54, 1.807) is 17.8 Å². The summed E-state index contributed by atoms with van der Waals surface area (Å²) in [7, 11) is 0. The highest BCUT2D eigenvalue weighted by Gasteiger charge is 2.13. The molecular formula is C23H23NO2S. The topological polar surface area (TPSA) is 38.3 Å². The number of thioether (sulfide) groups is 1. The van der Waals surface area contributed by atoms with Crippen LogP contribution in [-0.4, -0.2) is 12.0 Å². The zero-order valence-electron chi connectivity index (χ0n) is 15.5. The average Bonchev–Trinajstić information content (AvgIpc) is 2.68. The third-order valence-corrected chi connectivity index (χ3v) is 4.94. The summed E-state index contributed by atoms with van der Waals surface area (Å²) < 4.78 is 5.73. The Bertz CT molecular complexity index is 876. The molecule has 3 rings (SSSR count). The van der Waals surface area contributed by atoms with Crippen LogP contribution < -0.4 is 10.1 Å². The van der Waals surface area contributed by atoms with E-state index in [0.29, 0.717) is 11.3 Å². The highest BCUT2D eigenvalue weighted by Crippen LogP contribution is 2.24. The molecule has 1 amide bonds. The summed E-state index contributed by atoms with van der Waals surface area (Å²) in [6, 6.07) is 25.6. The van der Waals surface area contributed by atoms with E-state index < -0.39 is 0 Å². The van der Waals surface area contributed by atoms with Gasteiger partial charge < -0.3 is 10.1 Å². The summed E-state index contributed by atoms with van der Waals surface area (Å²) >= 11 is 1.79. The fourth-order valence-corrected chi connectivity index (χ4v) is 3.45.